The lowest BCUT2D eigenvalue weighted by molar-refractivity contribution is -0.123. The Balaban J connectivity index is 1.52. The number of nitrogens with one attached hydrogen (secondary N) is 3. The monoisotopic (exact) mass is 328 g/mol. The first-order valence-electron chi connectivity index (χ1n) is 8.20. The van der Waals surface area contributed by atoms with E-state index in [1.807, 2.05) is 31.3 Å². The van der Waals surface area contributed by atoms with Gasteiger partial charge in [0.05, 0.1) is 17.9 Å². The number of carbonyl (C=O) groups is 1. The second-order valence-electron chi connectivity index (χ2n) is 6.50. The molecule has 24 heavy (non-hydrogen) atoms. The number of hydrogen-bond acceptors (Lipinski definition) is 5. The lowest BCUT2D eigenvalue weighted by Gasteiger charge is -2.23. The molecule has 0 radical (unpaired) electrons. The maximum atomic E-state index is 12.4. The zero-order valence-corrected chi connectivity index (χ0v) is 14.3. The van der Waals surface area contributed by atoms with Gasteiger partial charge in [0, 0.05) is 39.8 Å². The molecule has 1 aliphatic heterocycles. The Morgan fingerprint density at radius 1 is 1.42 bits per heavy atom. The molecule has 3 heterocycles. The van der Waals surface area contributed by atoms with Gasteiger partial charge < -0.3 is 10.2 Å². The molecule has 2 unspecified atom stereocenters. The van der Waals surface area contributed by atoms with Gasteiger partial charge >= 0.3 is 0 Å². The molecular weight excluding hydrogens is 304 g/mol. The Morgan fingerprint density at radius 3 is 2.96 bits per heavy atom. The number of carbonyl (C=O) groups excluding carboxylic acids is 1. The lowest BCUT2D eigenvalue weighted by atomic mass is 10.0. The van der Waals surface area contributed by atoms with Crippen LogP contribution in [0.3, 0.4) is 0 Å². The van der Waals surface area contributed by atoms with E-state index in [9.17, 15) is 4.79 Å². The summed E-state index contributed by atoms with van der Waals surface area (Å²) in [6, 6.07) is 3.86. The van der Waals surface area contributed by atoms with Crippen LogP contribution in [0.1, 0.15) is 29.7 Å². The van der Waals surface area contributed by atoms with Crippen molar-refractivity contribution in [2.75, 3.05) is 25.5 Å². The molecule has 0 bridgehead atoms. The van der Waals surface area contributed by atoms with Gasteiger partial charge in [-0.05, 0) is 23.1 Å². The van der Waals surface area contributed by atoms with E-state index in [1.54, 1.807) is 6.20 Å². The lowest BCUT2D eigenvalue weighted by Crippen LogP contribution is -2.48. The van der Waals surface area contributed by atoms with Crippen molar-refractivity contribution in [3.63, 3.8) is 0 Å². The van der Waals surface area contributed by atoms with Crippen LogP contribution in [0.15, 0.2) is 24.5 Å². The molecule has 0 spiro atoms. The zero-order chi connectivity index (χ0) is 17.1. The largest absolute Gasteiger partial charge is 0.363 e. The molecule has 0 saturated carbocycles. The summed E-state index contributed by atoms with van der Waals surface area (Å²) in [4.78, 5) is 18.8. The van der Waals surface area contributed by atoms with Gasteiger partial charge in [0.15, 0.2) is 0 Å². The fourth-order valence-corrected chi connectivity index (χ4v) is 2.82. The molecule has 2 atom stereocenters. The van der Waals surface area contributed by atoms with E-state index in [1.165, 1.54) is 0 Å². The van der Waals surface area contributed by atoms with Gasteiger partial charge in [0.2, 0.25) is 5.91 Å². The molecule has 0 aliphatic carbocycles. The number of aromatic amines is 1. The molecule has 3 N–H and O–H groups in total. The van der Waals surface area contributed by atoms with Crippen LogP contribution in [-0.2, 0) is 17.8 Å². The van der Waals surface area contributed by atoms with Crippen LogP contribution in [0, 0.1) is 0 Å². The number of pyridine rings is 1. The quantitative estimate of drug-likeness (QED) is 0.756. The third-order valence-corrected chi connectivity index (χ3v) is 4.45. The normalized spacial score (nSPS) is 17.9. The standard InChI is InChI=1S/C17H24N6O/c1-11(12-4-5-16(19-8-12)23(2)3)7-20-17(24)14-6-13-9-21-22-15(13)10-18-14/h4-5,8-9,11,14,18H,6-7,10H2,1-3H3,(H,20,24)(H,21,22). The first-order valence-corrected chi connectivity index (χ1v) is 8.20. The maximum Gasteiger partial charge on any atom is 0.237 e. The fourth-order valence-electron chi connectivity index (χ4n) is 2.82. The molecule has 0 aromatic carbocycles. The molecule has 2 aromatic rings. The number of nitrogens with zero attached hydrogens (tertiary/aromatic N) is 3. The Hall–Kier alpha value is -2.41. The van der Waals surface area contributed by atoms with E-state index in [-0.39, 0.29) is 17.9 Å². The first kappa shape index (κ1) is 16.4. The summed E-state index contributed by atoms with van der Waals surface area (Å²) in [6.07, 6.45) is 4.35. The molecule has 1 aliphatic rings. The van der Waals surface area contributed by atoms with E-state index >= 15 is 0 Å². The average molecular weight is 328 g/mol. The summed E-state index contributed by atoms with van der Waals surface area (Å²) in [5.41, 5.74) is 3.31. The minimum atomic E-state index is -0.198. The number of anilines is 1. The summed E-state index contributed by atoms with van der Waals surface area (Å²) < 4.78 is 0. The van der Waals surface area contributed by atoms with Crippen LogP contribution in [-0.4, -0.2) is 47.8 Å². The highest BCUT2D eigenvalue weighted by molar-refractivity contribution is 5.82. The van der Waals surface area contributed by atoms with E-state index < -0.39 is 0 Å². The molecule has 2 aromatic heterocycles. The van der Waals surface area contributed by atoms with Crippen LogP contribution in [0.2, 0.25) is 0 Å². The van der Waals surface area contributed by atoms with Gasteiger partial charge in [-0.25, -0.2) is 4.98 Å². The molecule has 0 saturated heterocycles. The average Bonchev–Trinajstić information content (AvgIpc) is 3.07. The molecule has 3 rings (SSSR count). The minimum Gasteiger partial charge on any atom is -0.363 e. The fraction of sp³-hybridized carbons (Fsp3) is 0.471. The highest BCUT2D eigenvalue weighted by Crippen LogP contribution is 2.17. The van der Waals surface area contributed by atoms with Crippen molar-refractivity contribution >= 4 is 11.7 Å². The number of H-pyrrole nitrogens is 1. The van der Waals surface area contributed by atoms with Crippen LogP contribution < -0.4 is 15.5 Å². The van der Waals surface area contributed by atoms with Crippen molar-refractivity contribution in [1.82, 2.24) is 25.8 Å². The van der Waals surface area contributed by atoms with Crippen molar-refractivity contribution in [3.8, 4) is 0 Å². The van der Waals surface area contributed by atoms with Crippen molar-refractivity contribution in [2.45, 2.75) is 31.8 Å². The van der Waals surface area contributed by atoms with E-state index in [2.05, 4.69) is 38.8 Å². The summed E-state index contributed by atoms with van der Waals surface area (Å²) in [5, 5.41) is 13.3. The second-order valence-corrected chi connectivity index (χ2v) is 6.50. The summed E-state index contributed by atoms with van der Waals surface area (Å²) in [6.45, 7) is 3.34. The topological polar surface area (TPSA) is 85.9 Å². The van der Waals surface area contributed by atoms with Gasteiger partial charge in [0.25, 0.3) is 0 Å². The Morgan fingerprint density at radius 2 is 2.25 bits per heavy atom. The molecule has 7 nitrogen and oxygen atoms in total. The Bertz CT molecular complexity index is 693. The molecule has 7 heteroatoms. The predicted molar refractivity (Wildman–Crippen MR) is 92.9 cm³/mol. The number of hydrogen-bond donors (Lipinski definition) is 3. The van der Waals surface area contributed by atoms with Gasteiger partial charge in [-0.1, -0.05) is 13.0 Å². The summed E-state index contributed by atoms with van der Waals surface area (Å²) in [7, 11) is 3.93. The van der Waals surface area contributed by atoms with Crippen LogP contribution in [0.4, 0.5) is 5.82 Å². The van der Waals surface area contributed by atoms with Crippen molar-refractivity contribution < 1.29 is 4.79 Å². The van der Waals surface area contributed by atoms with Crippen LogP contribution in [0.5, 0.6) is 0 Å². The van der Waals surface area contributed by atoms with Gasteiger partial charge in [0.1, 0.15) is 5.82 Å². The molecule has 1 amide bonds. The highest BCUT2D eigenvalue weighted by atomic mass is 16.2. The van der Waals surface area contributed by atoms with E-state index in [4.69, 9.17) is 0 Å². The van der Waals surface area contributed by atoms with Crippen molar-refractivity contribution in [1.29, 1.82) is 0 Å². The summed E-state index contributed by atoms with van der Waals surface area (Å²) in [5.74, 6) is 1.18. The second kappa shape index (κ2) is 7.00. The molecular formula is C17H24N6O. The van der Waals surface area contributed by atoms with Crippen molar-refractivity contribution in [3.05, 3.63) is 41.3 Å². The van der Waals surface area contributed by atoms with Crippen LogP contribution >= 0.6 is 0 Å². The van der Waals surface area contributed by atoms with Crippen LogP contribution in [0.25, 0.3) is 0 Å². The highest BCUT2D eigenvalue weighted by Gasteiger charge is 2.25. The van der Waals surface area contributed by atoms with E-state index in [0.717, 1.165) is 22.6 Å². The number of fused-ring (bicyclic) bond motifs is 1. The molecule has 128 valence electrons. The number of amides is 1. The third kappa shape index (κ3) is 3.56. The first-order chi connectivity index (χ1) is 11.5. The predicted octanol–water partition coefficient (Wildman–Crippen LogP) is 0.805. The SMILES string of the molecule is CC(CNC(=O)C1Cc2cn[nH]c2CN1)c1ccc(N(C)C)nc1. The van der Waals surface area contributed by atoms with Gasteiger partial charge in [-0.15, -0.1) is 0 Å². The van der Waals surface area contributed by atoms with E-state index in [0.29, 0.717) is 19.5 Å². The van der Waals surface area contributed by atoms with Crippen molar-refractivity contribution in [2.24, 2.45) is 0 Å². The molecule has 0 fully saturated rings. The Labute approximate surface area is 141 Å². The maximum absolute atomic E-state index is 12.4. The number of aromatic nitrogens is 3. The Kier molecular flexibility index (Phi) is 4.80. The van der Waals surface area contributed by atoms with Gasteiger partial charge in [-0.3, -0.25) is 15.2 Å². The van der Waals surface area contributed by atoms with Gasteiger partial charge in [-0.2, -0.15) is 5.10 Å². The minimum absolute atomic E-state index is 0.0339. The third-order valence-electron chi connectivity index (χ3n) is 4.45. The number of rotatable bonds is 5. The summed E-state index contributed by atoms with van der Waals surface area (Å²) >= 11 is 0. The smallest absolute Gasteiger partial charge is 0.237 e. The zero-order valence-electron chi connectivity index (χ0n) is 14.3.